The molecule has 7 heteroatoms. The minimum absolute atomic E-state index is 0.160. The lowest BCUT2D eigenvalue weighted by atomic mass is 10.2. The molecule has 2 heterocycles. The predicted molar refractivity (Wildman–Crippen MR) is 77.6 cm³/mol. The van der Waals surface area contributed by atoms with Crippen molar-refractivity contribution in [2.24, 2.45) is 0 Å². The van der Waals surface area contributed by atoms with Crippen LogP contribution >= 0.6 is 0 Å². The van der Waals surface area contributed by atoms with Gasteiger partial charge in [0, 0.05) is 12.1 Å². The van der Waals surface area contributed by atoms with Crippen LogP contribution in [0.25, 0.3) is 0 Å². The standard InChI is InChI=1S/C13H20N6O/c1-4-5-9-11(14)12(18-17-9)13(20)16-10-6-7-15-19(10)8(2)3/h6-8H,4-5,14H2,1-3H3,(H,16,20)(H,17,18). The fourth-order valence-corrected chi connectivity index (χ4v) is 2.00. The van der Waals surface area contributed by atoms with E-state index in [-0.39, 0.29) is 17.6 Å². The molecule has 0 fully saturated rings. The fraction of sp³-hybridized carbons (Fsp3) is 0.462. The maximum atomic E-state index is 12.2. The summed E-state index contributed by atoms with van der Waals surface area (Å²) in [6.45, 7) is 6.02. The molecule has 20 heavy (non-hydrogen) atoms. The van der Waals surface area contributed by atoms with E-state index < -0.39 is 0 Å². The smallest absolute Gasteiger partial charge is 0.279 e. The normalized spacial score (nSPS) is 11.0. The Bertz CT molecular complexity index is 598. The molecule has 0 aliphatic rings. The quantitative estimate of drug-likeness (QED) is 0.777. The molecule has 0 radical (unpaired) electrons. The summed E-state index contributed by atoms with van der Waals surface area (Å²) >= 11 is 0. The molecule has 0 atom stereocenters. The molecule has 0 aliphatic carbocycles. The van der Waals surface area contributed by atoms with Gasteiger partial charge < -0.3 is 11.1 Å². The number of nitrogens with one attached hydrogen (secondary N) is 2. The van der Waals surface area contributed by atoms with Crippen LogP contribution in [-0.2, 0) is 6.42 Å². The van der Waals surface area contributed by atoms with E-state index in [1.165, 1.54) is 0 Å². The Morgan fingerprint density at radius 1 is 1.55 bits per heavy atom. The van der Waals surface area contributed by atoms with Crippen LogP contribution in [0.2, 0.25) is 0 Å². The molecule has 0 aliphatic heterocycles. The second kappa shape index (κ2) is 5.77. The van der Waals surface area contributed by atoms with Gasteiger partial charge in [-0.05, 0) is 20.3 Å². The summed E-state index contributed by atoms with van der Waals surface area (Å²) in [6, 6.07) is 1.90. The molecule has 0 saturated heterocycles. The molecule has 2 aromatic heterocycles. The lowest BCUT2D eigenvalue weighted by molar-refractivity contribution is 0.102. The van der Waals surface area contributed by atoms with Gasteiger partial charge in [0.2, 0.25) is 0 Å². The Kier molecular flexibility index (Phi) is 4.07. The van der Waals surface area contributed by atoms with Gasteiger partial charge in [0.25, 0.3) is 5.91 Å². The summed E-state index contributed by atoms with van der Waals surface area (Å²) in [5.41, 5.74) is 7.38. The highest BCUT2D eigenvalue weighted by Gasteiger charge is 2.18. The van der Waals surface area contributed by atoms with E-state index in [2.05, 4.69) is 20.6 Å². The molecule has 1 amide bonds. The molecule has 0 spiro atoms. The van der Waals surface area contributed by atoms with Gasteiger partial charge in [0.15, 0.2) is 5.69 Å². The van der Waals surface area contributed by atoms with Gasteiger partial charge in [-0.25, -0.2) is 4.68 Å². The zero-order chi connectivity index (χ0) is 14.7. The van der Waals surface area contributed by atoms with E-state index in [1.807, 2.05) is 20.8 Å². The number of carbonyl (C=O) groups excluding carboxylic acids is 1. The highest BCUT2D eigenvalue weighted by Crippen LogP contribution is 2.18. The molecule has 0 saturated carbocycles. The van der Waals surface area contributed by atoms with Crippen LogP contribution < -0.4 is 11.1 Å². The van der Waals surface area contributed by atoms with E-state index in [0.717, 1.165) is 18.5 Å². The van der Waals surface area contributed by atoms with Crippen LogP contribution in [0, 0.1) is 0 Å². The predicted octanol–water partition coefficient (Wildman–Crippen LogP) is 1.97. The van der Waals surface area contributed by atoms with Gasteiger partial charge >= 0.3 is 0 Å². The topological polar surface area (TPSA) is 102 Å². The number of nitrogen functional groups attached to an aromatic ring is 1. The van der Waals surface area contributed by atoms with E-state index in [4.69, 9.17) is 5.73 Å². The van der Waals surface area contributed by atoms with Gasteiger partial charge in [-0.1, -0.05) is 13.3 Å². The van der Waals surface area contributed by atoms with Crippen molar-refractivity contribution in [2.75, 3.05) is 11.1 Å². The highest BCUT2D eigenvalue weighted by molar-refractivity contribution is 6.06. The van der Waals surface area contributed by atoms with Crippen LogP contribution in [0.15, 0.2) is 12.3 Å². The Morgan fingerprint density at radius 2 is 2.30 bits per heavy atom. The van der Waals surface area contributed by atoms with Crippen LogP contribution in [-0.4, -0.2) is 25.9 Å². The summed E-state index contributed by atoms with van der Waals surface area (Å²) in [4.78, 5) is 12.2. The second-order valence-electron chi connectivity index (χ2n) is 4.92. The van der Waals surface area contributed by atoms with Crippen molar-refractivity contribution in [3.05, 3.63) is 23.7 Å². The van der Waals surface area contributed by atoms with Crippen LogP contribution in [0.3, 0.4) is 0 Å². The number of hydrogen-bond acceptors (Lipinski definition) is 4. The Hall–Kier alpha value is -2.31. The fourth-order valence-electron chi connectivity index (χ4n) is 2.00. The number of nitrogens with two attached hydrogens (primary N) is 1. The first-order chi connectivity index (χ1) is 9.54. The third kappa shape index (κ3) is 2.66. The monoisotopic (exact) mass is 276 g/mol. The van der Waals surface area contributed by atoms with Crippen LogP contribution in [0.4, 0.5) is 11.5 Å². The average Bonchev–Trinajstić information content (AvgIpc) is 2.98. The first-order valence-electron chi connectivity index (χ1n) is 6.72. The lowest BCUT2D eigenvalue weighted by Gasteiger charge is -2.11. The number of aromatic amines is 1. The number of carbonyl (C=O) groups is 1. The number of aromatic nitrogens is 4. The molecule has 2 aromatic rings. The summed E-state index contributed by atoms with van der Waals surface area (Å²) < 4.78 is 1.73. The van der Waals surface area contributed by atoms with Gasteiger partial charge in [-0.3, -0.25) is 9.89 Å². The summed E-state index contributed by atoms with van der Waals surface area (Å²) in [5, 5.41) is 13.8. The number of hydrogen-bond donors (Lipinski definition) is 3. The number of aryl methyl sites for hydroxylation is 1. The lowest BCUT2D eigenvalue weighted by Crippen LogP contribution is -2.18. The number of anilines is 2. The van der Waals surface area contributed by atoms with Crippen molar-refractivity contribution in [1.29, 1.82) is 0 Å². The maximum absolute atomic E-state index is 12.2. The van der Waals surface area contributed by atoms with Crippen LogP contribution in [0.1, 0.15) is 49.4 Å². The van der Waals surface area contributed by atoms with E-state index >= 15 is 0 Å². The van der Waals surface area contributed by atoms with E-state index in [1.54, 1.807) is 16.9 Å². The Labute approximate surface area is 117 Å². The highest BCUT2D eigenvalue weighted by atomic mass is 16.2. The minimum atomic E-state index is -0.330. The first-order valence-corrected chi connectivity index (χ1v) is 6.72. The third-order valence-corrected chi connectivity index (χ3v) is 3.00. The largest absolute Gasteiger partial charge is 0.395 e. The second-order valence-corrected chi connectivity index (χ2v) is 4.92. The molecule has 0 aromatic carbocycles. The van der Waals surface area contributed by atoms with Crippen molar-refractivity contribution >= 4 is 17.4 Å². The molecule has 4 N–H and O–H groups in total. The number of H-pyrrole nitrogens is 1. The van der Waals surface area contributed by atoms with E-state index in [0.29, 0.717) is 11.5 Å². The van der Waals surface area contributed by atoms with Crippen LogP contribution in [0.5, 0.6) is 0 Å². The zero-order valence-electron chi connectivity index (χ0n) is 12.0. The SMILES string of the molecule is CCCc1[nH]nc(C(=O)Nc2ccnn2C(C)C)c1N. The first kappa shape index (κ1) is 14.1. The van der Waals surface area contributed by atoms with Gasteiger partial charge in [-0.2, -0.15) is 10.2 Å². The third-order valence-electron chi connectivity index (χ3n) is 3.00. The number of amides is 1. The molecule has 0 unspecified atom stereocenters. The minimum Gasteiger partial charge on any atom is -0.395 e. The Morgan fingerprint density at radius 3 is 2.95 bits per heavy atom. The number of nitrogens with zero attached hydrogens (tertiary/aromatic N) is 3. The Balaban J connectivity index is 2.18. The molecule has 7 nitrogen and oxygen atoms in total. The molecule has 2 rings (SSSR count). The number of rotatable bonds is 5. The van der Waals surface area contributed by atoms with Gasteiger partial charge in [-0.15, -0.1) is 0 Å². The van der Waals surface area contributed by atoms with Gasteiger partial charge in [0.05, 0.1) is 17.6 Å². The van der Waals surface area contributed by atoms with Crippen molar-refractivity contribution in [3.63, 3.8) is 0 Å². The molecular weight excluding hydrogens is 256 g/mol. The van der Waals surface area contributed by atoms with Crippen molar-refractivity contribution in [3.8, 4) is 0 Å². The van der Waals surface area contributed by atoms with Crippen molar-refractivity contribution < 1.29 is 4.79 Å². The average molecular weight is 276 g/mol. The molecule has 0 bridgehead atoms. The van der Waals surface area contributed by atoms with Crippen molar-refractivity contribution in [2.45, 2.75) is 39.7 Å². The molecular formula is C13H20N6O. The van der Waals surface area contributed by atoms with Crippen molar-refractivity contribution in [1.82, 2.24) is 20.0 Å². The van der Waals surface area contributed by atoms with E-state index in [9.17, 15) is 4.79 Å². The summed E-state index contributed by atoms with van der Waals surface area (Å²) in [7, 11) is 0. The maximum Gasteiger partial charge on any atom is 0.279 e. The zero-order valence-corrected chi connectivity index (χ0v) is 12.0. The van der Waals surface area contributed by atoms with Gasteiger partial charge in [0.1, 0.15) is 5.82 Å². The molecule has 108 valence electrons. The summed E-state index contributed by atoms with van der Waals surface area (Å²) in [5.74, 6) is 0.299. The summed E-state index contributed by atoms with van der Waals surface area (Å²) in [6.07, 6.45) is 3.36.